The van der Waals surface area contributed by atoms with Crippen molar-refractivity contribution in [2.75, 3.05) is 0 Å². The fourth-order valence-corrected chi connectivity index (χ4v) is 1.90. The van der Waals surface area contributed by atoms with Crippen LogP contribution in [-0.4, -0.2) is 21.9 Å². The molecule has 0 fully saturated rings. The van der Waals surface area contributed by atoms with Gasteiger partial charge in [0.2, 0.25) is 0 Å². The minimum Gasteiger partial charge on any atom is -0.393 e. The normalized spacial score (nSPS) is 20.1. The van der Waals surface area contributed by atoms with Gasteiger partial charge in [-0.1, -0.05) is 26.7 Å². The molecule has 0 amide bonds. The molecular formula is C12H26O2. The summed E-state index contributed by atoms with van der Waals surface area (Å²) in [5.74, 6) is 0.367. The molecule has 0 rings (SSSR count). The Kier molecular flexibility index (Phi) is 6.38. The lowest BCUT2D eigenvalue weighted by Gasteiger charge is -2.31. The van der Waals surface area contributed by atoms with E-state index in [1.54, 1.807) is 0 Å². The molecule has 0 spiro atoms. The first-order valence-corrected chi connectivity index (χ1v) is 5.84. The van der Waals surface area contributed by atoms with E-state index >= 15 is 0 Å². The second kappa shape index (κ2) is 6.41. The van der Waals surface area contributed by atoms with Crippen molar-refractivity contribution in [1.29, 1.82) is 0 Å². The van der Waals surface area contributed by atoms with Crippen LogP contribution in [0, 0.1) is 5.92 Å². The quantitative estimate of drug-likeness (QED) is 0.666. The Morgan fingerprint density at radius 1 is 1.21 bits per heavy atom. The molecule has 0 saturated carbocycles. The summed E-state index contributed by atoms with van der Waals surface area (Å²) in [5.41, 5.74) is -0.534. The summed E-state index contributed by atoms with van der Waals surface area (Å²) in [6.45, 7) is 7.89. The molecular weight excluding hydrogens is 176 g/mol. The van der Waals surface area contributed by atoms with Crippen LogP contribution in [0.3, 0.4) is 0 Å². The lowest BCUT2D eigenvalue weighted by Crippen LogP contribution is -2.33. The third kappa shape index (κ3) is 4.97. The van der Waals surface area contributed by atoms with Gasteiger partial charge in [-0.05, 0) is 39.0 Å². The molecule has 0 radical (unpaired) electrons. The van der Waals surface area contributed by atoms with Gasteiger partial charge in [0, 0.05) is 0 Å². The van der Waals surface area contributed by atoms with Crippen LogP contribution >= 0.6 is 0 Å². The number of hydrogen-bond acceptors (Lipinski definition) is 2. The Labute approximate surface area is 88.3 Å². The zero-order valence-electron chi connectivity index (χ0n) is 10.1. The van der Waals surface area contributed by atoms with Crippen LogP contribution in [0.4, 0.5) is 0 Å². The van der Waals surface area contributed by atoms with Gasteiger partial charge in [-0.25, -0.2) is 0 Å². The lowest BCUT2D eigenvalue weighted by atomic mass is 9.81. The van der Waals surface area contributed by atoms with Crippen LogP contribution < -0.4 is 0 Å². The van der Waals surface area contributed by atoms with Gasteiger partial charge in [0.15, 0.2) is 0 Å². The second-order valence-corrected chi connectivity index (χ2v) is 4.60. The maximum atomic E-state index is 10.1. The van der Waals surface area contributed by atoms with E-state index < -0.39 is 5.60 Å². The van der Waals surface area contributed by atoms with Crippen LogP contribution in [0.2, 0.25) is 0 Å². The molecule has 0 aromatic rings. The van der Waals surface area contributed by atoms with Gasteiger partial charge < -0.3 is 10.2 Å². The van der Waals surface area contributed by atoms with E-state index in [9.17, 15) is 5.11 Å². The second-order valence-electron chi connectivity index (χ2n) is 4.60. The Balaban J connectivity index is 3.91. The first-order chi connectivity index (χ1) is 6.44. The van der Waals surface area contributed by atoms with Crippen molar-refractivity contribution in [2.45, 2.75) is 71.5 Å². The highest BCUT2D eigenvalue weighted by Gasteiger charge is 2.27. The number of aliphatic hydroxyl groups is 2. The van der Waals surface area contributed by atoms with Crippen molar-refractivity contribution in [3.63, 3.8) is 0 Å². The molecule has 3 atom stereocenters. The van der Waals surface area contributed by atoms with Gasteiger partial charge in [-0.15, -0.1) is 0 Å². The van der Waals surface area contributed by atoms with E-state index in [1.807, 2.05) is 20.8 Å². The minimum absolute atomic E-state index is 0.209. The van der Waals surface area contributed by atoms with Crippen molar-refractivity contribution in [2.24, 2.45) is 5.92 Å². The molecule has 0 aliphatic carbocycles. The summed E-state index contributed by atoms with van der Waals surface area (Å²) in [6.07, 6.45) is 4.48. The third-order valence-electron chi connectivity index (χ3n) is 3.26. The van der Waals surface area contributed by atoms with E-state index in [0.29, 0.717) is 5.92 Å². The van der Waals surface area contributed by atoms with Crippen LogP contribution in [0.25, 0.3) is 0 Å². The van der Waals surface area contributed by atoms with Crippen molar-refractivity contribution in [3.05, 3.63) is 0 Å². The van der Waals surface area contributed by atoms with Crippen LogP contribution in [0.15, 0.2) is 0 Å². The van der Waals surface area contributed by atoms with Gasteiger partial charge in [-0.2, -0.15) is 0 Å². The molecule has 14 heavy (non-hydrogen) atoms. The van der Waals surface area contributed by atoms with E-state index in [2.05, 4.69) is 6.92 Å². The molecule has 2 N–H and O–H groups in total. The largest absolute Gasteiger partial charge is 0.393 e. The molecule has 0 aliphatic rings. The Morgan fingerprint density at radius 2 is 1.79 bits per heavy atom. The summed E-state index contributed by atoms with van der Waals surface area (Å²) in [4.78, 5) is 0. The van der Waals surface area contributed by atoms with Gasteiger partial charge in [0.25, 0.3) is 0 Å². The number of aliphatic hydroxyl groups excluding tert-OH is 1. The maximum absolute atomic E-state index is 10.1. The molecule has 0 saturated heterocycles. The molecule has 0 heterocycles. The van der Waals surface area contributed by atoms with E-state index in [0.717, 1.165) is 32.1 Å². The zero-order valence-corrected chi connectivity index (χ0v) is 10.1. The van der Waals surface area contributed by atoms with Gasteiger partial charge in [-0.3, -0.25) is 0 Å². The van der Waals surface area contributed by atoms with Gasteiger partial charge in [0.05, 0.1) is 11.7 Å². The third-order valence-corrected chi connectivity index (χ3v) is 3.26. The fraction of sp³-hybridized carbons (Fsp3) is 1.00. The number of hydrogen-bond donors (Lipinski definition) is 2. The summed E-state index contributed by atoms with van der Waals surface area (Å²) in [5, 5.41) is 19.2. The number of rotatable bonds is 7. The fourth-order valence-electron chi connectivity index (χ4n) is 1.90. The van der Waals surface area contributed by atoms with E-state index in [4.69, 9.17) is 5.11 Å². The lowest BCUT2D eigenvalue weighted by molar-refractivity contribution is -0.0118. The molecule has 0 aromatic carbocycles. The van der Waals surface area contributed by atoms with Crippen molar-refractivity contribution < 1.29 is 10.2 Å². The summed E-state index contributed by atoms with van der Waals surface area (Å²) < 4.78 is 0. The Hall–Kier alpha value is -0.0800. The maximum Gasteiger partial charge on any atom is 0.0645 e. The van der Waals surface area contributed by atoms with Gasteiger partial charge in [0.1, 0.15) is 0 Å². The topological polar surface area (TPSA) is 40.5 Å². The molecule has 0 bridgehead atoms. The van der Waals surface area contributed by atoms with Crippen LogP contribution in [0.1, 0.15) is 59.8 Å². The average Bonchev–Trinajstić information content (AvgIpc) is 2.11. The highest BCUT2D eigenvalue weighted by atomic mass is 16.3. The first kappa shape index (κ1) is 13.9. The highest BCUT2D eigenvalue weighted by molar-refractivity contribution is 4.79. The van der Waals surface area contributed by atoms with E-state index in [1.165, 1.54) is 0 Å². The van der Waals surface area contributed by atoms with Crippen molar-refractivity contribution in [3.8, 4) is 0 Å². The summed E-state index contributed by atoms with van der Waals surface area (Å²) >= 11 is 0. The predicted octanol–water partition coefficient (Wildman–Crippen LogP) is 2.72. The molecule has 86 valence electrons. The zero-order chi connectivity index (χ0) is 11.2. The average molecular weight is 202 g/mol. The van der Waals surface area contributed by atoms with Crippen molar-refractivity contribution in [1.82, 2.24) is 0 Å². The molecule has 2 heteroatoms. The molecule has 2 nitrogen and oxygen atoms in total. The predicted molar refractivity (Wildman–Crippen MR) is 60.2 cm³/mol. The standard InChI is InChI=1S/C12H26O2/c1-5-11(12(4,14)6-2)9-7-8-10(3)13/h10-11,13-14H,5-9H2,1-4H3. The van der Waals surface area contributed by atoms with Gasteiger partial charge >= 0.3 is 0 Å². The minimum atomic E-state index is -0.534. The van der Waals surface area contributed by atoms with Crippen LogP contribution in [0.5, 0.6) is 0 Å². The molecule has 0 aromatic heterocycles. The summed E-state index contributed by atoms with van der Waals surface area (Å²) in [7, 11) is 0. The van der Waals surface area contributed by atoms with Crippen molar-refractivity contribution >= 4 is 0 Å². The molecule has 0 aliphatic heterocycles. The first-order valence-electron chi connectivity index (χ1n) is 5.84. The summed E-state index contributed by atoms with van der Waals surface area (Å²) in [6, 6.07) is 0. The Morgan fingerprint density at radius 3 is 2.14 bits per heavy atom. The van der Waals surface area contributed by atoms with Crippen LogP contribution in [-0.2, 0) is 0 Å². The monoisotopic (exact) mass is 202 g/mol. The van der Waals surface area contributed by atoms with E-state index in [-0.39, 0.29) is 6.10 Å². The SMILES string of the molecule is CCC(CCCC(C)O)C(C)(O)CC. The highest BCUT2D eigenvalue weighted by Crippen LogP contribution is 2.28. The smallest absolute Gasteiger partial charge is 0.0645 e. The Bertz CT molecular complexity index is 141. The molecule has 3 unspecified atom stereocenters.